The topological polar surface area (TPSA) is 86.7 Å². The van der Waals surface area contributed by atoms with Crippen molar-refractivity contribution >= 4 is 20.2 Å². The molecule has 6 nitrogen and oxygen atoms in total. The summed E-state index contributed by atoms with van der Waals surface area (Å²) in [6.45, 7) is 1.44. The monoisotopic (exact) mass is 230 g/mol. The van der Waals surface area contributed by atoms with Crippen LogP contribution < -0.4 is 0 Å². The zero-order valence-electron chi connectivity index (χ0n) is 6.96. The van der Waals surface area contributed by atoms with Crippen LogP contribution in [-0.2, 0) is 28.6 Å². The molecule has 0 N–H and O–H groups in total. The second kappa shape index (κ2) is 3.52. The highest BCUT2D eigenvalue weighted by atomic mass is 32.3. The molecule has 0 aromatic carbocycles. The van der Waals surface area contributed by atoms with Crippen molar-refractivity contribution in [1.82, 2.24) is 0 Å². The summed E-state index contributed by atoms with van der Waals surface area (Å²) in [7, 11) is -7.98. The lowest BCUT2D eigenvalue weighted by Gasteiger charge is -2.08. The van der Waals surface area contributed by atoms with E-state index in [1.165, 1.54) is 0 Å². The summed E-state index contributed by atoms with van der Waals surface area (Å²) in [6.07, 6.45) is -0.323. The zero-order valence-corrected chi connectivity index (χ0v) is 8.60. The van der Waals surface area contributed by atoms with Gasteiger partial charge in [-0.15, -0.1) is 0 Å². The maximum Gasteiger partial charge on any atom is 0.284 e. The Kier molecular flexibility index (Phi) is 2.95. The van der Waals surface area contributed by atoms with E-state index in [1.807, 2.05) is 0 Å². The molecule has 13 heavy (non-hydrogen) atoms. The molecule has 1 unspecified atom stereocenters. The van der Waals surface area contributed by atoms with Gasteiger partial charge in [0.05, 0.1) is 6.61 Å². The van der Waals surface area contributed by atoms with Gasteiger partial charge in [-0.1, -0.05) is 6.92 Å². The van der Waals surface area contributed by atoms with Crippen LogP contribution in [0.4, 0.5) is 0 Å². The molecule has 1 aliphatic rings. The summed E-state index contributed by atoms with van der Waals surface area (Å²) < 4.78 is 52.6. The SMILES string of the molecule is CCC1COS(=O)(=O)CS(=O)(=O)O1. The van der Waals surface area contributed by atoms with E-state index in [9.17, 15) is 16.8 Å². The summed E-state index contributed by atoms with van der Waals surface area (Å²) in [6, 6.07) is 0. The van der Waals surface area contributed by atoms with Gasteiger partial charge in [-0.2, -0.15) is 16.8 Å². The lowest BCUT2D eigenvalue weighted by atomic mass is 10.3. The Morgan fingerprint density at radius 2 is 1.85 bits per heavy atom. The molecule has 0 aliphatic carbocycles. The lowest BCUT2D eigenvalue weighted by molar-refractivity contribution is 0.143. The summed E-state index contributed by atoms with van der Waals surface area (Å²) in [5.74, 6) is 0. The van der Waals surface area contributed by atoms with E-state index in [-0.39, 0.29) is 6.61 Å². The molecule has 78 valence electrons. The second-order valence-electron chi connectivity index (χ2n) is 2.64. The van der Waals surface area contributed by atoms with Crippen LogP contribution in [0.5, 0.6) is 0 Å². The molecule has 0 saturated carbocycles. The fourth-order valence-corrected chi connectivity index (χ4v) is 3.71. The Balaban J connectivity index is 2.95. The Hall–Kier alpha value is -0.180. The molecule has 1 fully saturated rings. The predicted octanol–water partition coefficient (Wildman–Crippen LogP) is -0.571. The standard InChI is InChI=1S/C5H10O6S2/c1-2-5-3-10-12(6,7)4-13(8,9)11-5/h5H,2-4H2,1H3. The van der Waals surface area contributed by atoms with Crippen molar-refractivity contribution in [2.75, 3.05) is 11.7 Å². The molecule has 1 heterocycles. The van der Waals surface area contributed by atoms with Crippen LogP contribution in [0.25, 0.3) is 0 Å². The van der Waals surface area contributed by atoms with Crippen molar-refractivity contribution in [1.29, 1.82) is 0 Å². The average Bonchev–Trinajstić information content (AvgIpc) is 2.04. The average molecular weight is 230 g/mol. The highest BCUT2D eigenvalue weighted by Gasteiger charge is 2.31. The third-order valence-corrected chi connectivity index (χ3v) is 4.83. The van der Waals surface area contributed by atoms with Crippen LogP contribution in [-0.4, -0.2) is 34.6 Å². The Labute approximate surface area is 77.1 Å². The Morgan fingerprint density at radius 3 is 2.38 bits per heavy atom. The van der Waals surface area contributed by atoms with Gasteiger partial charge >= 0.3 is 0 Å². The fraction of sp³-hybridized carbons (Fsp3) is 1.00. The van der Waals surface area contributed by atoms with Crippen molar-refractivity contribution in [2.24, 2.45) is 0 Å². The van der Waals surface area contributed by atoms with Crippen LogP contribution in [0.15, 0.2) is 0 Å². The van der Waals surface area contributed by atoms with Gasteiger partial charge in [0.15, 0.2) is 0 Å². The van der Waals surface area contributed by atoms with E-state index in [4.69, 9.17) is 0 Å². The number of rotatable bonds is 1. The first-order valence-corrected chi connectivity index (χ1v) is 6.78. The van der Waals surface area contributed by atoms with Gasteiger partial charge in [0.1, 0.15) is 6.10 Å². The largest absolute Gasteiger partial charge is 0.284 e. The molecule has 0 aromatic rings. The third kappa shape index (κ3) is 3.22. The molecular weight excluding hydrogens is 220 g/mol. The first-order chi connectivity index (χ1) is 5.85. The highest BCUT2D eigenvalue weighted by Crippen LogP contribution is 2.14. The minimum atomic E-state index is -4.00. The summed E-state index contributed by atoms with van der Waals surface area (Å²) in [5.41, 5.74) is 0. The van der Waals surface area contributed by atoms with E-state index in [2.05, 4.69) is 8.37 Å². The van der Waals surface area contributed by atoms with Crippen molar-refractivity contribution in [3.8, 4) is 0 Å². The van der Waals surface area contributed by atoms with Gasteiger partial charge in [-0.25, -0.2) is 0 Å². The molecule has 8 heteroatoms. The Morgan fingerprint density at radius 1 is 1.23 bits per heavy atom. The maximum absolute atomic E-state index is 11.0. The second-order valence-corrected chi connectivity index (χ2v) is 6.25. The van der Waals surface area contributed by atoms with E-state index >= 15 is 0 Å². The van der Waals surface area contributed by atoms with Crippen LogP contribution >= 0.6 is 0 Å². The van der Waals surface area contributed by atoms with E-state index in [1.54, 1.807) is 6.92 Å². The normalized spacial score (nSPS) is 32.2. The lowest BCUT2D eigenvalue weighted by Crippen LogP contribution is -2.19. The minimum absolute atomic E-state index is 0.238. The molecule has 1 saturated heterocycles. The number of hydrogen-bond acceptors (Lipinski definition) is 6. The van der Waals surface area contributed by atoms with Crippen molar-refractivity contribution in [3.05, 3.63) is 0 Å². The van der Waals surface area contributed by atoms with E-state index in [0.29, 0.717) is 6.42 Å². The van der Waals surface area contributed by atoms with Gasteiger partial charge in [0.25, 0.3) is 20.2 Å². The van der Waals surface area contributed by atoms with Gasteiger partial charge < -0.3 is 0 Å². The summed E-state index contributed by atoms with van der Waals surface area (Å²) in [4.78, 5) is 0. The van der Waals surface area contributed by atoms with Gasteiger partial charge in [0, 0.05) is 0 Å². The van der Waals surface area contributed by atoms with Crippen LogP contribution in [0.1, 0.15) is 13.3 Å². The van der Waals surface area contributed by atoms with Crippen LogP contribution in [0, 0.1) is 0 Å². The van der Waals surface area contributed by atoms with Crippen molar-refractivity contribution < 1.29 is 25.2 Å². The quantitative estimate of drug-likeness (QED) is 0.560. The van der Waals surface area contributed by atoms with Gasteiger partial charge in [0.2, 0.25) is 5.08 Å². The number of hydrogen-bond donors (Lipinski definition) is 0. The summed E-state index contributed by atoms with van der Waals surface area (Å²) in [5, 5.41) is -1.10. The predicted molar refractivity (Wildman–Crippen MR) is 43.8 cm³/mol. The molecule has 0 radical (unpaired) electrons. The molecule has 0 amide bonds. The first-order valence-electron chi connectivity index (χ1n) is 3.63. The van der Waals surface area contributed by atoms with Gasteiger partial charge in [-0.3, -0.25) is 8.37 Å². The van der Waals surface area contributed by atoms with Crippen LogP contribution in [0.3, 0.4) is 0 Å². The molecule has 1 atom stereocenters. The molecular formula is C5H10O6S2. The van der Waals surface area contributed by atoms with Crippen LogP contribution in [0.2, 0.25) is 0 Å². The molecule has 0 bridgehead atoms. The molecule has 1 rings (SSSR count). The highest BCUT2D eigenvalue weighted by molar-refractivity contribution is 8.03. The van der Waals surface area contributed by atoms with Crippen molar-refractivity contribution in [3.63, 3.8) is 0 Å². The van der Waals surface area contributed by atoms with E-state index in [0.717, 1.165) is 0 Å². The molecule has 0 aromatic heterocycles. The Bertz CT molecular complexity index is 366. The third-order valence-electron chi connectivity index (χ3n) is 1.46. The van der Waals surface area contributed by atoms with Crippen molar-refractivity contribution in [2.45, 2.75) is 19.4 Å². The smallest absolute Gasteiger partial charge is 0.266 e. The van der Waals surface area contributed by atoms with Gasteiger partial charge in [-0.05, 0) is 6.42 Å². The molecule has 1 aliphatic heterocycles. The van der Waals surface area contributed by atoms with E-state index < -0.39 is 31.4 Å². The first kappa shape index (κ1) is 10.9. The fourth-order valence-electron chi connectivity index (χ4n) is 0.839. The summed E-state index contributed by atoms with van der Waals surface area (Å²) >= 11 is 0. The maximum atomic E-state index is 11.0. The zero-order chi connectivity index (χ0) is 10.1. The molecule has 0 spiro atoms. The minimum Gasteiger partial charge on any atom is -0.266 e.